The summed E-state index contributed by atoms with van der Waals surface area (Å²) in [4.78, 5) is 27.1. The van der Waals surface area contributed by atoms with Crippen LogP contribution in [0.2, 0.25) is 0 Å². The molecule has 3 rings (SSSR count). The summed E-state index contributed by atoms with van der Waals surface area (Å²) in [6.07, 6.45) is 3.90. The van der Waals surface area contributed by atoms with Crippen LogP contribution in [0.5, 0.6) is 0 Å². The van der Waals surface area contributed by atoms with E-state index in [1.165, 1.54) is 0 Å². The zero-order chi connectivity index (χ0) is 18.0. The first-order chi connectivity index (χ1) is 11.9. The fraction of sp³-hybridized carbons (Fsp3) is 0.438. The van der Waals surface area contributed by atoms with Crippen LogP contribution < -0.4 is 5.32 Å². The quantitative estimate of drug-likeness (QED) is 0.671. The van der Waals surface area contributed by atoms with Crippen LogP contribution in [0, 0.1) is 22.9 Å². The molecule has 1 saturated carbocycles. The fourth-order valence-corrected chi connectivity index (χ4v) is 3.14. The molecule has 1 amide bonds. The first-order valence-corrected chi connectivity index (χ1v) is 7.98. The molecule has 1 aliphatic carbocycles. The van der Waals surface area contributed by atoms with Gasteiger partial charge in [-0.1, -0.05) is 24.4 Å². The Labute approximate surface area is 142 Å². The van der Waals surface area contributed by atoms with Crippen molar-refractivity contribution in [2.45, 2.75) is 44.6 Å². The Kier molecular flexibility index (Phi) is 4.47. The van der Waals surface area contributed by atoms with E-state index in [9.17, 15) is 19.3 Å². The number of nitro benzene ring substituents is 1. The maximum absolute atomic E-state index is 14.0. The van der Waals surface area contributed by atoms with Gasteiger partial charge in [-0.3, -0.25) is 14.9 Å². The lowest BCUT2D eigenvalue weighted by atomic mass is 9.80. The zero-order valence-electron chi connectivity index (χ0n) is 13.6. The van der Waals surface area contributed by atoms with Crippen LogP contribution in [-0.2, 0) is 5.54 Å². The topological polar surface area (TPSA) is 111 Å². The lowest BCUT2D eigenvalue weighted by Crippen LogP contribution is -2.48. The van der Waals surface area contributed by atoms with E-state index in [2.05, 4.69) is 15.5 Å². The molecule has 0 aliphatic heterocycles. The van der Waals surface area contributed by atoms with Gasteiger partial charge >= 0.3 is 0 Å². The van der Waals surface area contributed by atoms with Gasteiger partial charge in [0.2, 0.25) is 5.89 Å². The number of amides is 1. The molecule has 0 unspecified atom stereocenters. The molecule has 1 heterocycles. The number of aromatic nitrogens is 2. The third kappa shape index (κ3) is 3.35. The van der Waals surface area contributed by atoms with Gasteiger partial charge in [0.15, 0.2) is 5.82 Å². The van der Waals surface area contributed by atoms with E-state index in [0.717, 1.165) is 37.5 Å². The lowest BCUT2D eigenvalue weighted by molar-refractivity contribution is -0.384. The third-order valence-electron chi connectivity index (χ3n) is 4.42. The molecule has 0 bridgehead atoms. The van der Waals surface area contributed by atoms with Crippen LogP contribution >= 0.6 is 0 Å². The van der Waals surface area contributed by atoms with Gasteiger partial charge in [-0.25, -0.2) is 4.39 Å². The van der Waals surface area contributed by atoms with Gasteiger partial charge < -0.3 is 9.84 Å². The van der Waals surface area contributed by atoms with Gasteiger partial charge in [0.05, 0.1) is 10.5 Å². The molecular weight excluding hydrogens is 331 g/mol. The summed E-state index contributed by atoms with van der Waals surface area (Å²) in [6.45, 7) is 1.65. The monoisotopic (exact) mass is 348 g/mol. The van der Waals surface area contributed by atoms with Crippen molar-refractivity contribution in [3.05, 3.63) is 51.4 Å². The van der Waals surface area contributed by atoms with E-state index in [4.69, 9.17) is 4.52 Å². The zero-order valence-corrected chi connectivity index (χ0v) is 13.6. The number of carbonyl (C=O) groups excluding carboxylic acids is 1. The Morgan fingerprint density at radius 1 is 1.36 bits per heavy atom. The van der Waals surface area contributed by atoms with Crippen molar-refractivity contribution in [1.82, 2.24) is 15.5 Å². The second-order valence-electron chi connectivity index (χ2n) is 6.16. The van der Waals surface area contributed by atoms with Gasteiger partial charge in [0.25, 0.3) is 11.6 Å². The summed E-state index contributed by atoms with van der Waals surface area (Å²) in [7, 11) is 0. The largest absolute Gasteiger partial charge is 0.340 e. The van der Waals surface area contributed by atoms with Gasteiger partial charge in [0.1, 0.15) is 11.4 Å². The second-order valence-corrected chi connectivity index (χ2v) is 6.16. The Morgan fingerprint density at radius 3 is 2.68 bits per heavy atom. The van der Waals surface area contributed by atoms with E-state index in [0.29, 0.717) is 24.6 Å². The van der Waals surface area contributed by atoms with E-state index >= 15 is 0 Å². The average Bonchev–Trinajstić information content (AvgIpc) is 3.03. The highest BCUT2D eigenvalue weighted by atomic mass is 19.1. The number of hydrogen-bond acceptors (Lipinski definition) is 6. The molecule has 0 saturated heterocycles. The number of nitro groups is 1. The molecule has 8 nitrogen and oxygen atoms in total. The van der Waals surface area contributed by atoms with Crippen molar-refractivity contribution in [2.75, 3.05) is 0 Å². The molecule has 1 aromatic heterocycles. The highest BCUT2D eigenvalue weighted by Gasteiger charge is 2.40. The van der Waals surface area contributed by atoms with Gasteiger partial charge in [-0.15, -0.1) is 0 Å². The molecular formula is C16H17FN4O4. The fourth-order valence-electron chi connectivity index (χ4n) is 3.14. The van der Waals surface area contributed by atoms with E-state index in [1.54, 1.807) is 6.92 Å². The minimum atomic E-state index is -0.857. The first kappa shape index (κ1) is 17.0. The molecule has 2 aromatic rings. The van der Waals surface area contributed by atoms with Crippen molar-refractivity contribution in [1.29, 1.82) is 0 Å². The minimum absolute atomic E-state index is 0.348. The molecule has 1 N–H and O–H groups in total. The number of non-ortho nitro benzene ring substituents is 1. The minimum Gasteiger partial charge on any atom is -0.340 e. The van der Waals surface area contributed by atoms with E-state index in [-0.39, 0.29) is 11.3 Å². The maximum atomic E-state index is 14.0. The predicted octanol–water partition coefficient (Wildman–Crippen LogP) is 3.01. The Balaban J connectivity index is 1.94. The summed E-state index contributed by atoms with van der Waals surface area (Å²) < 4.78 is 19.1. The smallest absolute Gasteiger partial charge is 0.270 e. The van der Waals surface area contributed by atoms with Gasteiger partial charge in [-0.2, -0.15) is 4.98 Å². The number of benzene rings is 1. The van der Waals surface area contributed by atoms with E-state index < -0.39 is 22.2 Å². The Bertz CT molecular complexity index is 814. The van der Waals surface area contributed by atoms with Crippen molar-refractivity contribution in [2.24, 2.45) is 0 Å². The molecule has 0 radical (unpaired) electrons. The highest BCUT2D eigenvalue weighted by molar-refractivity contribution is 5.95. The van der Waals surface area contributed by atoms with E-state index in [1.807, 2.05) is 0 Å². The molecule has 0 atom stereocenters. The molecule has 9 heteroatoms. The predicted molar refractivity (Wildman–Crippen MR) is 84.3 cm³/mol. The number of carbonyl (C=O) groups is 1. The summed E-state index contributed by atoms with van der Waals surface area (Å²) >= 11 is 0. The van der Waals surface area contributed by atoms with Crippen molar-refractivity contribution < 1.29 is 18.6 Å². The van der Waals surface area contributed by atoms with Crippen LogP contribution in [0.1, 0.15) is 54.2 Å². The highest BCUT2D eigenvalue weighted by Crippen LogP contribution is 2.36. The Hall–Kier alpha value is -2.84. The summed E-state index contributed by atoms with van der Waals surface area (Å²) in [5, 5.41) is 17.6. The number of rotatable bonds is 4. The molecule has 25 heavy (non-hydrogen) atoms. The van der Waals surface area contributed by atoms with Crippen LogP contribution in [0.25, 0.3) is 0 Å². The number of hydrogen-bond donors (Lipinski definition) is 1. The normalized spacial score (nSPS) is 16.4. The summed E-state index contributed by atoms with van der Waals surface area (Å²) in [6, 6.07) is 2.87. The molecule has 1 fully saturated rings. The molecule has 1 aromatic carbocycles. The molecule has 0 spiro atoms. The lowest BCUT2D eigenvalue weighted by Gasteiger charge is -2.35. The SMILES string of the molecule is Cc1nc(C2(NC(=O)c3cc([N+](=O)[O-])ccc3F)CCCCC2)no1. The van der Waals surface area contributed by atoms with Gasteiger partial charge in [-0.05, 0) is 18.9 Å². The number of nitrogens with one attached hydrogen (secondary N) is 1. The van der Waals surface area contributed by atoms with Crippen molar-refractivity contribution in [3.8, 4) is 0 Å². The Morgan fingerprint density at radius 2 is 2.08 bits per heavy atom. The standard InChI is InChI=1S/C16H17FN4O4/c1-10-18-15(20-25-10)16(7-3-2-4-8-16)19-14(22)12-9-11(21(23)24)5-6-13(12)17/h5-6,9H,2-4,7-8H2,1H3,(H,19,22). The molecule has 1 aliphatic rings. The van der Waals surface area contributed by atoms with Crippen LogP contribution in [-0.4, -0.2) is 21.0 Å². The van der Waals surface area contributed by atoms with Crippen molar-refractivity contribution >= 4 is 11.6 Å². The van der Waals surface area contributed by atoms with Crippen LogP contribution in [0.4, 0.5) is 10.1 Å². The number of halogens is 1. The summed E-state index contributed by atoms with van der Waals surface area (Å²) in [5.74, 6) is -0.830. The summed E-state index contributed by atoms with van der Waals surface area (Å²) in [5.41, 5.74) is -1.58. The van der Waals surface area contributed by atoms with Crippen LogP contribution in [0.3, 0.4) is 0 Å². The van der Waals surface area contributed by atoms with Crippen molar-refractivity contribution in [3.63, 3.8) is 0 Å². The maximum Gasteiger partial charge on any atom is 0.270 e. The first-order valence-electron chi connectivity index (χ1n) is 7.98. The second kappa shape index (κ2) is 6.58. The third-order valence-corrected chi connectivity index (χ3v) is 4.42. The average molecular weight is 348 g/mol. The number of nitrogens with zero attached hydrogens (tertiary/aromatic N) is 3. The van der Waals surface area contributed by atoms with Crippen LogP contribution in [0.15, 0.2) is 22.7 Å². The van der Waals surface area contributed by atoms with Gasteiger partial charge in [0, 0.05) is 19.1 Å². The molecule has 132 valence electrons. The number of aryl methyl sites for hydroxylation is 1.